The third-order valence-electron chi connectivity index (χ3n) is 6.87. The Morgan fingerprint density at radius 3 is 2.65 bits per heavy atom. The van der Waals surface area contributed by atoms with E-state index in [1.165, 1.54) is 0 Å². The van der Waals surface area contributed by atoms with Crippen LogP contribution in [0.5, 0.6) is 5.75 Å². The molecule has 1 unspecified atom stereocenters. The van der Waals surface area contributed by atoms with Crippen molar-refractivity contribution in [2.45, 2.75) is 31.3 Å². The molecule has 0 radical (unpaired) electrons. The van der Waals surface area contributed by atoms with Gasteiger partial charge >= 0.3 is 0 Å². The van der Waals surface area contributed by atoms with Crippen molar-refractivity contribution in [3.63, 3.8) is 0 Å². The molecule has 6 rings (SSSR count). The van der Waals surface area contributed by atoms with Crippen molar-refractivity contribution < 1.29 is 22.7 Å². The van der Waals surface area contributed by atoms with Crippen LogP contribution in [-0.2, 0) is 13.5 Å². The molecule has 1 saturated heterocycles. The van der Waals surface area contributed by atoms with E-state index in [0.717, 1.165) is 30.5 Å². The molecule has 0 saturated carbocycles. The Bertz CT molecular complexity index is 1450. The number of nitrogens with zero attached hydrogens (tertiary/aromatic N) is 5. The summed E-state index contributed by atoms with van der Waals surface area (Å²) in [4.78, 5) is 19.8. The number of methoxy groups -OCH3 is 1. The Hall–Kier alpha value is -3.82. The molecule has 1 amide bonds. The van der Waals surface area contributed by atoms with Crippen molar-refractivity contribution in [2.24, 2.45) is 7.05 Å². The molecule has 10 heteroatoms. The lowest BCUT2D eigenvalue weighted by Crippen LogP contribution is -2.42. The Balaban J connectivity index is 1.40. The smallest absolute Gasteiger partial charge is 0.273 e. The zero-order valence-corrected chi connectivity index (χ0v) is 18.4. The van der Waals surface area contributed by atoms with Gasteiger partial charge in [-0.2, -0.15) is 5.10 Å². The number of benzene rings is 1. The third kappa shape index (κ3) is 2.87. The van der Waals surface area contributed by atoms with Crippen LogP contribution in [0.2, 0.25) is 0 Å². The van der Waals surface area contributed by atoms with Gasteiger partial charge in [0.1, 0.15) is 17.1 Å². The van der Waals surface area contributed by atoms with Gasteiger partial charge in [0.2, 0.25) is 0 Å². The number of amides is 1. The molecule has 5 heterocycles. The molecule has 1 aromatic carbocycles. The quantitative estimate of drug-likeness (QED) is 0.427. The van der Waals surface area contributed by atoms with Crippen molar-refractivity contribution >= 4 is 11.6 Å². The summed E-state index contributed by atoms with van der Waals surface area (Å²) in [6.45, 7) is 0. The van der Waals surface area contributed by atoms with Crippen LogP contribution in [0.3, 0.4) is 0 Å². The Morgan fingerprint density at radius 2 is 1.91 bits per heavy atom. The van der Waals surface area contributed by atoms with Gasteiger partial charge in [0.15, 0.2) is 17.5 Å². The van der Waals surface area contributed by atoms with Crippen molar-refractivity contribution in [3.05, 3.63) is 71.1 Å². The molecule has 1 fully saturated rings. The van der Waals surface area contributed by atoms with Gasteiger partial charge in [-0.25, -0.2) is 18.2 Å². The predicted octanol–water partition coefficient (Wildman–Crippen LogP) is 4.06. The molecular weight excluding hydrogens is 447 g/mol. The van der Waals surface area contributed by atoms with Gasteiger partial charge in [0.05, 0.1) is 30.7 Å². The first-order chi connectivity index (χ1) is 16.4. The molecule has 0 spiro atoms. The molecule has 0 N–H and O–H groups in total. The molecule has 7 nitrogen and oxygen atoms in total. The highest BCUT2D eigenvalue weighted by Gasteiger charge is 2.46. The Kier molecular flexibility index (Phi) is 4.48. The van der Waals surface area contributed by atoms with E-state index >= 15 is 0 Å². The fourth-order valence-corrected chi connectivity index (χ4v) is 5.39. The number of carbonyl (C=O) groups excluding carboxylic acids is 1. The summed E-state index contributed by atoms with van der Waals surface area (Å²) in [5, 5.41) is 4.63. The number of imidazole rings is 1. The van der Waals surface area contributed by atoms with Crippen LogP contribution in [0.25, 0.3) is 16.9 Å². The Labute approximate surface area is 192 Å². The highest BCUT2D eigenvalue weighted by molar-refractivity contribution is 5.94. The fourth-order valence-electron chi connectivity index (χ4n) is 5.39. The van der Waals surface area contributed by atoms with Gasteiger partial charge in [-0.05, 0) is 37.5 Å². The van der Waals surface area contributed by atoms with Crippen LogP contribution < -0.4 is 4.74 Å². The minimum atomic E-state index is -1.50. The number of hydrogen-bond acceptors (Lipinski definition) is 4. The maximum absolute atomic E-state index is 13.9. The van der Waals surface area contributed by atoms with Crippen LogP contribution in [0.1, 0.15) is 40.6 Å². The van der Waals surface area contributed by atoms with E-state index in [1.807, 2.05) is 4.90 Å². The first-order valence-corrected chi connectivity index (χ1v) is 10.9. The van der Waals surface area contributed by atoms with Gasteiger partial charge < -0.3 is 9.64 Å². The second-order valence-corrected chi connectivity index (χ2v) is 8.69. The van der Waals surface area contributed by atoms with Gasteiger partial charge in [0.25, 0.3) is 5.91 Å². The van der Waals surface area contributed by atoms with Crippen molar-refractivity contribution in [1.82, 2.24) is 24.1 Å². The summed E-state index contributed by atoms with van der Waals surface area (Å²) in [5.74, 6) is -3.49. The summed E-state index contributed by atoms with van der Waals surface area (Å²) in [5.41, 5.74) is 3.36. The second-order valence-electron chi connectivity index (χ2n) is 8.69. The first-order valence-electron chi connectivity index (χ1n) is 10.9. The van der Waals surface area contributed by atoms with Crippen LogP contribution in [0.15, 0.2) is 36.7 Å². The summed E-state index contributed by atoms with van der Waals surface area (Å²) in [6, 6.07) is 5.14. The average Bonchev–Trinajstić information content (AvgIpc) is 3.49. The minimum Gasteiger partial charge on any atom is -0.497 e. The molecular formula is C24H20F3N5O2. The molecule has 2 aliphatic rings. The van der Waals surface area contributed by atoms with Crippen molar-refractivity contribution in [2.75, 3.05) is 7.11 Å². The fraction of sp³-hybridized carbons (Fsp3) is 0.292. The maximum atomic E-state index is 13.9. The average molecular weight is 467 g/mol. The van der Waals surface area contributed by atoms with Gasteiger partial charge in [0, 0.05) is 36.5 Å². The minimum absolute atomic E-state index is 0.0908. The molecule has 2 bridgehead atoms. The van der Waals surface area contributed by atoms with E-state index in [0.29, 0.717) is 34.9 Å². The Morgan fingerprint density at radius 1 is 1.15 bits per heavy atom. The molecule has 4 aromatic rings. The number of pyridine rings is 1. The van der Waals surface area contributed by atoms with E-state index in [9.17, 15) is 18.0 Å². The number of ether oxygens (including phenoxy) is 1. The van der Waals surface area contributed by atoms with E-state index in [1.54, 1.807) is 47.8 Å². The first kappa shape index (κ1) is 20.8. The second kappa shape index (κ2) is 7.34. The number of halogens is 3. The highest BCUT2D eigenvalue weighted by atomic mass is 19.2. The van der Waals surface area contributed by atoms with Crippen molar-refractivity contribution in [1.29, 1.82) is 0 Å². The lowest BCUT2D eigenvalue weighted by Gasteiger charge is -2.34. The number of carbonyl (C=O) groups is 1. The topological polar surface area (TPSA) is 64.7 Å². The summed E-state index contributed by atoms with van der Waals surface area (Å²) >= 11 is 0. The largest absolute Gasteiger partial charge is 0.497 e. The monoisotopic (exact) mass is 467 g/mol. The lowest BCUT2D eigenvalue weighted by atomic mass is 9.94. The lowest BCUT2D eigenvalue weighted by molar-refractivity contribution is 0.0635. The van der Waals surface area contributed by atoms with E-state index in [4.69, 9.17) is 4.74 Å². The number of hydrogen-bond donors (Lipinski definition) is 0. The highest BCUT2D eigenvalue weighted by Crippen LogP contribution is 2.46. The van der Waals surface area contributed by atoms with Crippen LogP contribution in [0.4, 0.5) is 13.2 Å². The predicted molar refractivity (Wildman–Crippen MR) is 116 cm³/mol. The number of aromatic nitrogens is 4. The number of rotatable bonds is 3. The summed E-state index contributed by atoms with van der Waals surface area (Å²) < 4.78 is 49.9. The zero-order chi connectivity index (χ0) is 23.7. The number of aryl methyl sites for hydroxylation is 1. The molecule has 0 aliphatic carbocycles. The standard InChI is InChI=1S/C24H20F3N5O2/c1-30-23(12-7-16(25)21(27)17(26)8-12)15-9-13-3-4-18(22(15)29-30)32(13)24(33)19-11-28-20-10-14(34-2)5-6-31(19)20/h5-8,10-11,13,18H,3-4,9H2,1-2H3/t13?,18-/m0/s1. The van der Waals surface area contributed by atoms with Gasteiger partial charge in [-0.1, -0.05) is 0 Å². The van der Waals surface area contributed by atoms with Crippen molar-refractivity contribution in [3.8, 4) is 17.0 Å². The molecule has 3 aromatic heterocycles. The molecule has 34 heavy (non-hydrogen) atoms. The van der Waals surface area contributed by atoms with Crippen LogP contribution in [0, 0.1) is 17.5 Å². The SMILES string of the molecule is COc1ccn2c(C(=O)N3C4CC[C@H]3c3nn(C)c(-c5cc(F)c(F)c(F)c5)c3C4)cnc2c1. The van der Waals surface area contributed by atoms with E-state index in [2.05, 4.69) is 10.1 Å². The zero-order valence-electron chi connectivity index (χ0n) is 18.4. The van der Waals surface area contributed by atoms with Crippen LogP contribution in [-0.4, -0.2) is 43.1 Å². The molecule has 2 aliphatic heterocycles. The molecule has 2 atom stereocenters. The number of fused-ring (bicyclic) bond motifs is 5. The van der Waals surface area contributed by atoms with Crippen LogP contribution >= 0.6 is 0 Å². The summed E-state index contributed by atoms with van der Waals surface area (Å²) in [6.07, 6.45) is 5.32. The van der Waals surface area contributed by atoms with Gasteiger partial charge in [-0.15, -0.1) is 0 Å². The maximum Gasteiger partial charge on any atom is 0.273 e. The molecule has 174 valence electrons. The summed E-state index contributed by atoms with van der Waals surface area (Å²) in [7, 11) is 3.25. The third-order valence-corrected chi connectivity index (χ3v) is 6.87. The van der Waals surface area contributed by atoms with E-state index in [-0.39, 0.29) is 23.6 Å². The normalized spacial score (nSPS) is 19.0. The van der Waals surface area contributed by atoms with E-state index < -0.39 is 17.5 Å². The van der Waals surface area contributed by atoms with Gasteiger partial charge in [-0.3, -0.25) is 13.9 Å².